The van der Waals surface area contributed by atoms with Crippen LogP contribution in [0.2, 0.25) is 0 Å². The summed E-state index contributed by atoms with van der Waals surface area (Å²) in [6.45, 7) is 4.31. The number of benzene rings is 1. The first-order chi connectivity index (χ1) is 8.60. The highest BCUT2D eigenvalue weighted by Gasteiger charge is 2.13. The number of nitro benzene ring substituents is 1. The summed E-state index contributed by atoms with van der Waals surface area (Å²) in [5.74, 6) is 0. The minimum absolute atomic E-state index is 0.133. The van der Waals surface area contributed by atoms with Gasteiger partial charge in [0.2, 0.25) is 0 Å². The molecule has 0 aliphatic heterocycles. The molecule has 1 N–H and O–H groups in total. The molecule has 5 heteroatoms. The van der Waals surface area contributed by atoms with Crippen molar-refractivity contribution in [2.45, 2.75) is 39.3 Å². The summed E-state index contributed by atoms with van der Waals surface area (Å²) < 4.78 is 0. The maximum absolute atomic E-state index is 10.8. The van der Waals surface area contributed by atoms with E-state index in [-0.39, 0.29) is 16.7 Å². The second-order valence-corrected chi connectivity index (χ2v) is 4.17. The second-order valence-electron chi connectivity index (χ2n) is 4.17. The first-order valence-corrected chi connectivity index (χ1v) is 5.93. The van der Waals surface area contributed by atoms with Crippen LogP contribution in [-0.4, -0.2) is 11.0 Å². The Morgan fingerprint density at radius 3 is 2.83 bits per heavy atom. The Balaban J connectivity index is 2.77. The summed E-state index contributed by atoms with van der Waals surface area (Å²) in [7, 11) is 0. The van der Waals surface area contributed by atoms with Gasteiger partial charge < -0.3 is 5.32 Å². The summed E-state index contributed by atoms with van der Waals surface area (Å²) in [5.41, 5.74) is 1.73. The number of hydrogen-bond donors (Lipinski definition) is 1. The zero-order valence-electron chi connectivity index (χ0n) is 10.6. The molecule has 1 rings (SSSR count). The lowest BCUT2D eigenvalue weighted by Crippen LogP contribution is -2.27. The van der Waals surface area contributed by atoms with Gasteiger partial charge in [0.25, 0.3) is 5.69 Å². The van der Waals surface area contributed by atoms with Crippen LogP contribution in [0.1, 0.15) is 30.9 Å². The van der Waals surface area contributed by atoms with Crippen molar-refractivity contribution < 1.29 is 4.92 Å². The van der Waals surface area contributed by atoms with Gasteiger partial charge >= 0.3 is 0 Å². The molecule has 0 aliphatic rings. The quantitative estimate of drug-likeness (QED) is 0.619. The molecule has 1 aromatic carbocycles. The fourth-order valence-corrected chi connectivity index (χ4v) is 1.78. The molecular formula is C13H17N3O2. The Kier molecular flexibility index (Phi) is 5.28. The Labute approximate surface area is 107 Å². The molecule has 18 heavy (non-hydrogen) atoms. The fourth-order valence-electron chi connectivity index (χ4n) is 1.78. The van der Waals surface area contributed by atoms with Crippen LogP contribution in [0.5, 0.6) is 0 Å². The summed E-state index contributed by atoms with van der Waals surface area (Å²) >= 11 is 0. The highest BCUT2D eigenvalue weighted by Crippen LogP contribution is 2.21. The van der Waals surface area contributed by atoms with Gasteiger partial charge in [-0.05, 0) is 18.9 Å². The van der Waals surface area contributed by atoms with Crippen LogP contribution in [-0.2, 0) is 6.54 Å². The Morgan fingerprint density at radius 1 is 1.56 bits per heavy atom. The molecule has 0 saturated carbocycles. The van der Waals surface area contributed by atoms with E-state index in [0.29, 0.717) is 18.5 Å². The predicted octanol–water partition coefficient (Wildman–Crippen LogP) is 2.69. The molecule has 0 amide bonds. The average Bonchev–Trinajstić information content (AvgIpc) is 2.35. The number of nitrogens with zero attached hydrogens (tertiary/aromatic N) is 2. The van der Waals surface area contributed by atoms with Crippen molar-refractivity contribution in [1.29, 1.82) is 5.26 Å². The minimum Gasteiger partial charge on any atom is -0.309 e. The van der Waals surface area contributed by atoms with Gasteiger partial charge in [0.15, 0.2) is 0 Å². The summed E-state index contributed by atoms with van der Waals surface area (Å²) in [4.78, 5) is 10.4. The highest BCUT2D eigenvalue weighted by atomic mass is 16.6. The molecule has 0 aromatic heterocycles. The number of hydrogen-bond acceptors (Lipinski definition) is 4. The molecule has 1 unspecified atom stereocenters. The lowest BCUT2D eigenvalue weighted by molar-refractivity contribution is -0.385. The van der Waals surface area contributed by atoms with Crippen LogP contribution >= 0.6 is 0 Å². The van der Waals surface area contributed by atoms with Crippen LogP contribution in [0, 0.1) is 28.4 Å². The lowest BCUT2D eigenvalue weighted by atomic mass is 10.1. The van der Waals surface area contributed by atoms with E-state index in [2.05, 4.69) is 11.4 Å². The predicted molar refractivity (Wildman–Crippen MR) is 69.0 cm³/mol. The lowest BCUT2D eigenvalue weighted by Gasteiger charge is -2.14. The normalized spacial score (nSPS) is 11.8. The van der Waals surface area contributed by atoms with Gasteiger partial charge in [0.05, 0.1) is 17.4 Å². The SMILES string of the molecule is CCC(CC#N)NCc1cccc([N+](=O)[O-])c1C. The highest BCUT2D eigenvalue weighted by molar-refractivity contribution is 5.44. The number of nitriles is 1. The van der Waals surface area contributed by atoms with Crippen molar-refractivity contribution in [1.82, 2.24) is 5.32 Å². The van der Waals surface area contributed by atoms with Crippen molar-refractivity contribution in [2.75, 3.05) is 0 Å². The van der Waals surface area contributed by atoms with Crippen LogP contribution in [0.15, 0.2) is 18.2 Å². The first kappa shape index (κ1) is 14.1. The molecule has 5 nitrogen and oxygen atoms in total. The van der Waals surface area contributed by atoms with Gasteiger partial charge in [-0.2, -0.15) is 5.26 Å². The smallest absolute Gasteiger partial charge is 0.272 e. The monoisotopic (exact) mass is 247 g/mol. The van der Waals surface area contributed by atoms with Crippen LogP contribution in [0.25, 0.3) is 0 Å². The van der Waals surface area contributed by atoms with E-state index in [1.807, 2.05) is 13.0 Å². The fraction of sp³-hybridized carbons (Fsp3) is 0.462. The first-order valence-electron chi connectivity index (χ1n) is 5.93. The van der Waals surface area contributed by atoms with E-state index in [1.165, 1.54) is 6.07 Å². The van der Waals surface area contributed by atoms with Gasteiger partial charge in [-0.25, -0.2) is 0 Å². The molecule has 0 bridgehead atoms. The molecule has 96 valence electrons. The van der Waals surface area contributed by atoms with Crippen molar-refractivity contribution in [3.05, 3.63) is 39.4 Å². The van der Waals surface area contributed by atoms with E-state index in [9.17, 15) is 10.1 Å². The second kappa shape index (κ2) is 6.72. The number of nitro groups is 1. The molecular weight excluding hydrogens is 230 g/mol. The van der Waals surface area contributed by atoms with Gasteiger partial charge in [0.1, 0.15) is 0 Å². The third kappa shape index (κ3) is 3.54. The summed E-state index contributed by atoms with van der Waals surface area (Å²) in [6.07, 6.45) is 1.31. The van der Waals surface area contributed by atoms with Crippen molar-refractivity contribution in [3.63, 3.8) is 0 Å². The molecule has 0 saturated heterocycles. The largest absolute Gasteiger partial charge is 0.309 e. The Bertz CT molecular complexity index is 466. The average molecular weight is 247 g/mol. The van der Waals surface area contributed by atoms with Crippen LogP contribution in [0.3, 0.4) is 0 Å². The number of nitrogens with one attached hydrogen (secondary N) is 1. The molecule has 1 atom stereocenters. The third-order valence-electron chi connectivity index (χ3n) is 3.03. The van der Waals surface area contributed by atoms with E-state index in [4.69, 9.17) is 5.26 Å². The van der Waals surface area contributed by atoms with Crippen molar-refractivity contribution in [3.8, 4) is 6.07 Å². The van der Waals surface area contributed by atoms with Gasteiger partial charge in [-0.1, -0.05) is 19.1 Å². The zero-order chi connectivity index (χ0) is 13.5. The third-order valence-corrected chi connectivity index (χ3v) is 3.03. The Morgan fingerprint density at radius 2 is 2.28 bits per heavy atom. The Hall–Kier alpha value is -1.93. The van der Waals surface area contributed by atoms with E-state index in [0.717, 1.165) is 12.0 Å². The molecule has 0 radical (unpaired) electrons. The molecule has 0 spiro atoms. The van der Waals surface area contributed by atoms with Gasteiger partial charge in [-0.3, -0.25) is 10.1 Å². The van der Waals surface area contributed by atoms with E-state index in [1.54, 1.807) is 13.0 Å². The zero-order valence-corrected chi connectivity index (χ0v) is 10.6. The van der Waals surface area contributed by atoms with E-state index >= 15 is 0 Å². The van der Waals surface area contributed by atoms with Crippen molar-refractivity contribution >= 4 is 5.69 Å². The topological polar surface area (TPSA) is 79.0 Å². The maximum Gasteiger partial charge on any atom is 0.272 e. The number of rotatable bonds is 6. The molecule has 0 fully saturated rings. The molecule has 1 aromatic rings. The molecule has 0 aliphatic carbocycles. The van der Waals surface area contributed by atoms with Crippen molar-refractivity contribution in [2.24, 2.45) is 0 Å². The van der Waals surface area contributed by atoms with Crippen LogP contribution in [0.4, 0.5) is 5.69 Å². The maximum atomic E-state index is 10.8. The van der Waals surface area contributed by atoms with Gasteiger partial charge in [0, 0.05) is 24.2 Å². The van der Waals surface area contributed by atoms with E-state index < -0.39 is 0 Å². The van der Waals surface area contributed by atoms with Gasteiger partial charge in [-0.15, -0.1) is 0 Å². The van der Waals surface area contributed by atoms with Crippen LogP contribution < -0.4 is 5.32 Å². The standard InChI is InChI=1S/C13H17N3O2/c1-3-12(7-8-14)15-9-11-5-4-6-13(10(11)2)16(17)18/h4-6,12,15H,3,7,9H2,1-2H3. The summed E-state index contributed by atoms with van der Waals surface area (Å²) in [5, 5.41) is 22.7. The molecule has 0 heterocycles. The minimum atomic E-state index is -0.370. The summed E-state index contributed by atoms with van der Waals surface area (Å²) in [6, 6.07) is 7.32.